The van der Waals surface area contributed by atoms with Crippen LogP contribution in [0.3, 0.4) is 0 Å². The van der Waals surface area contributed by atoms with Gasteiger partial charge in [0.25, 0.3) is 0 Å². The molecule has 2 aliphatic carbocycles. The summed E-state index contributed by atoms with van der Waals surface area (Å²) in [7, 11) is 0. The number of carbonyl (C=O) groups is 1. The fourth-order valence-corrected chi connectivity index (χ4v) is 5.76. The van der Waals surface area contributed by atoms with Gasteiger partial charge in [0.05, 0.1) is 6.10 Å². The summed E-state index contributed by atoms with van der Waals surface area (Å²) >= 11 is 0. The SMILES string of the molecule is CC(O)C[C@@]1(C)C[C@H]1C(C)c1ccccc1.CC(c1ccccc1)[C@@H]1C[C@]1(C)CC=O.[Br-].[CH3-].[Mg+2]. The third-order valence-corrected chi connectivity index (χ3v) is 8.01. The third-order valence-electron chi connectivity index (χ3n) is 8.01. The number of rotatable bonds is 8. The molecule has 2 aromatic rings. The molecule has 0 aliphatic heterocycles. The van der Waals surface area contributed by atoms with Gasteiger partial charge in [0, 0.05) is 6.42 Å². The maximum atomic E-state index is 10.6. The van der Waals surface area contributed by atoms with Crippen LogP contribution in [0.25, 0.3) is 0 Å². The van der Waals surface area contributed by atoms with E-state index >= 15 is 0 Å². The Morgan fingerprint density at radius 1 is 0.853 bits per heavy atom. The molecule has 34 heavy (non-hydrogen) atoms. The quantitative estimate of drug-likeness (QED) is 0.312. The molecule has 0 radical (unpaired) electrons. The Bertz CT molecular complexity index is 843. The third kappa shape index (κ3) is 8.46. The molecule has 0 amide bonds. The summed E-state index contributed by atoms with van der Waals surface area (Å²) in [6.07, 6.45) is 5.01. The van der Waals surface area contributed by atoms with Crippen molar-refractivity contribution in [2.45, 2.75) is 78.2 Å². The van der Waals surface area contributed by atoms with E-state index in [9.17, 15) is 9.90 Å². The molecule has 7 atom stereocenters. The van der Waals surface area contributed by atoms with Crippen LogP contribution >= 0.6 is 0 Å². The van der Waals surface area contributed by atoms with Gasteiger partial charge in [0.1, 0.15) is 6.29 Å². The predicted molar refractivity (Wildman–Crippen MR) is 141 cm³/mol. The Morgan fingerprint density at radius 3 is 1.62 bits per heavy atom. The summed E-state index contributed by atoms with van der Waals surface area (Å²) in [6, 6.07) is 21.3. The average Bonchev–Trinajstić information content (AvgIpc) is 3.63. The fraction of sp³-hybridized carbons (Fsp3) is 0.533. The Kier molecular flexibility index (Phi) is 13.9. The van der Waals surface area contributed by atoms with Gasteiger partial charge >= 0.3 is 23.1 Å². The van der Waals surface area contributed by atoms with Crippen LogP contribution in [-0.2, 0) is 4.79 Å². The van der Waals surface area contributed by atoms with Crippen molar-refractivity contribution in [2.75, 3.05) is 0 Å². The number of benzene rings is 2. The molecule has 4 heteroatoms. The van der Waals surface area contributed by atoms with E-state index in [1.54, 1.807) is 0 Å². The van der Waals surface area contributed by atoms with Gasteiger partial charge in [-0.1, -0.05) is 88.4 Å². The predicted octanol–water partition coefficient (Wildman–Crippen LogP) is 4.07. The van der Waals surface area contributed by atoms with E-state index in [1.165, 1.54) is 24.0 Å². The van der Waals surface area contributed by atoms with Crippen LogP contribution in [0, 0.1) is 30.1 Å². The number of aliphatic hydroxyl groups is 1. The minimum atomic E-state index is -0.169. The second-order valence-electron chi connectivity index (χ2n) is 10.8. The number of aliphatic hydroxyl groups excluding tert-OH is 1. The molecule has 0 heterocycles. The van der Waals surface area contributed by atoms with Gasteiger partial charge in [-0.25, -0.2) is 0 Å². The molecule has 184 valence electrons. The monoisotopic (exact) mass is 538 g/mol. The average molecular weight is 540 g/mol. The number of hydrogen-bond donors (Lipinski definition) is 1. The van der Waals surface area contributed by atoms with Crippen molar-refractivity contribution in [1.82, 2.24) is 0 Å². The molecule has 0 bridgehead atoms. The number of carbonyl (C=O) groups excluding carboxylic acids is 1. The van der Waals surface area contributed by atoms with Gasteiger partial charge in [-0.3, -0.25) is 0 Å². The molecular formula is C30H43BrMgO2. The number of hydrogen-bond acceptors (Lipinski definition) is 2. The van der Waals surface area contributed by atoms with Crippen LogP contribution in [0.2, 0.25) is 0 Å². The summed E-state index contributed by atoms with van der Waals surface area (Å²) in [4.78, 5) is 10.6. The van der Waals surface area contributed by atoms with Gasteiger partial charge in [-0.2, -0.15) is 0 Å². The molecule has 2 fully saturated rings. The second kappa shape index (κ2) is 14.2. The van der Waals surface area contributed by atoms with Gasteiger partial charge in [0.15, 0.2) is 0 Å². The Hall–Kier alpha value is -0.684. The molecule has 0 saturated heterocycles. The van der Waals surface area contributed by atoms with Crippen molar-refractivity contribution in [3.05, 3.63) is 79.2 Å². The molecule has 2 aromatic carbocycles. The maximum absolute atomic E-state index is 10.6. The Morgan fingerprint density at radius 2 is 1.24 bits per heavy atom. The standard InChI is InChI=1S/C15H22O.C14H18O.CH3.BrH.Mg/c1-11(16)9-15(3)10-14(15)12(2)13-7-5-4-6-8-13;1-11(12-6-4-3-5-7-12)13-10-14(13,2)8-9-15;;;/h4-8,11-12,14,16H,9-10H2,1-3H3;3-7,9,11,13H,8,10H2,1-2H3;1H3;1H;/q;;-1;;+2/p-1/t11?,12?,14-,15-;11?,13-,14-;;;/m00.../s1. The first-order valence-corrected chi connectivity index (χ1v) is 11.9. The molecule has 0 spiro atoms. The summed E-state index contributed by atoms with van der Waals surface area (Å²) in [5.41, 5.74) is 3.47. The minimum absolute atomic E-state index is 0. The summed E-state index contributed by atoms with van der Waals surface area (Å²) < 4.78 is 0. The van der Waals surface area contributed by atoms with E-state index in [4.69, 9.17) is 0 Å². The Balaban J connectivity index is 0.000000590. The fourth-order valence-electron chi connectivity index (χ4n) is 5.76. The number of aldehydes is 1. The smallest absolute Gasteiger partial charge is 1.00 e. The van der Waals surface area contributed by atoms with Crippen molar-refractivity contribution in [2.24, 2.45) is 22.7 Å². The first-order valence-electron chi connectivity index (χ1n) is 11.9. The zero-order chi connectivity index (χ0) is 22.6. The largest absolute Gasteiger partial charge is 2.00 e. The molecule has 3 unspecified atom stereocenters. The first kappa shape index (κ1) is 33.3. The van der Waals surface area contributed by atoms with Crippen LogP contribution < -0.4 is 17.0 Å². The summed E-state index contributed by atoms with van der Waals surface area (Å²) in [6.45, 7) is 11.0. The topological polar surface area (TPSA) is 37.3 Å². The van der Waals surface area contributed by atoms with Gasteiger partial charge in [-0.15, -0.1) is 0 Å². The van der Waals surface area contributed by atoms with Gasteiger partial charge in [0.2, 0.25) is 0 Å². The van der Waals surface area contributed by atoms with Crippen molar-refractivity contribution in [3.8, 4) is 0 Å². The van der Waals surface area contributed by atoms with E-state index in [1.807, 2.05) is 13.0 Å². The first-order chi connectivity index (χ1) is 14.7. The van der Waals surface area contributed by atoms with Crippen molar-refractivity contribution >= 4 is 29.3 Å². The van der Waals surface area contributed by atoms with E-state index < -0.39 is 0 Å². The molecule has 0 aromatic heterocycles. The maximum Gasteiger partial charge on any atom is 2.00 e. The molecule has 4 rings (SSSR count). The zero-order valence-corrected chi connectivity index (χ0v) is 25.0. The van der Waals surface area contributed by atoms with Crippen LogP contribution in [-0.4, -0.2) is 40.5 Å². The van der Waals surface area contributed by atoms with Crippen molar-refractivity contribution < 1.29 is 26.9 Å². The van der Waals surface area contributed by atoms with E-state index in [0.717, 1.165) is 25.0 Å². The van der Waals surface area contributed by atoms with Gasteiger partial charge < -0.3 is 34.3 Å². The van der Waals surface area contributed by atoms with E-state index in [0.29, 0.717) is 23.2 Å². The van der Waals surface area contributed by atoms with Crippen molar-refractivity contribution in [3.63, 3.8) is 0 Å². The Labute approximate surface area is 235 Å². The molecular weight excluding hydrogens is 497 g/mol. The van der Waals surface area contributed by atoms with Crippen molar-refractivity contribution in [1.29, 1.82) is 0 Å². The molecule has 2 nitrogen and oxygen atoms in total. The summed E-state index contributed by atoms with van der Waals surface area (Å²) in [5.74, 6) is 2.62. The number of halogens is 1. The van der Waals surface area contributed by atoms with Crippen LogP contribution in [0.1, 0.15) is 83.3 Å². The second-order valence-corrected chi connectivity index (χ2v) is 10.8. The minimum Gasteiger partial charge on any atom is -1.00 e. The molecule has 2 saturated carbocycles. The van der Waals surface area contributed by atoms with E-state index in [2.05, 4.69) is 82.3 Å². The van der Waals surface area contributed by atoms with Crippen LogP contribution in [0.15, 0.2) is 60.7 Å². The van der Waals surface area contributed by atoms with E-state index in [-0.39, 0.29) is 59.0 Å². The zero-order valence-electron chi connectivity index (χ0n) is 22.0. The molecule has 1 N–H and O–H groups in total. The summed E-state index contributed by atoms with van der Waals surface area (Å²) in [5, 5.41) is 9.50. The normalized spacial score (nSPS) is 28.8. The van der Waals surface area contributed by atoms with Crippen LogP contribution in [0.4, 0.5) is 0 Å². The van der Waals surface area contributed by atoms with Crippen LogP contribution in [0.5, 0.6) is 0 Å². The molecule has 2 aliphatic rings. The van der Waals surface area contributed by atoms with Gasteiger partial charge in [-0.05, 0) is 71.8 Å².